The van der Waals surface area contributed by atoms with Crippen molar-refractivity contribution in [2.24, 2.45) is 5.92 Å². The van der Waals surface area contributed by atoms with Gasteiger partial charge in [0, 0.05) is 23.3 Å². The van der Waals surface area contributed by atoms with E-state index in [1.165, 1.54) is 35.6 Å². The zero-order valence-corrected chi connectivity index (χ0v) is 41.9. The molecule has 0 saturated carbocycles. The molecule has 0 bridgehead atoms. The van der Waals surface area contributed by atoms with Crippen LogP contribution in [0.1, 0.15) is 51.6 Å². The van der Waals surface area contributed by atoms with Gasteiger partial charge in [0.25, 0.3) is 5.69 Å². The van der Waals surface area contributed by atoms with E-state index in [0.717, 1.165) is 15.1 Å². The number of nitrogens with one attached hydrogen (secondary N) is 1. The standard InChI is InChI=1S/C59H44N8O10S/c68-32-33-75-47-23-11-7-19-41(47)53-59(49(54(69)61-57-60-44-21-9-12-24-48(44)78-57)51-55(70)77-52(39-17-5-2-6-18-39)50(66(51)53)38-15-3-1-4-16-38)42-34-36(14-13-31-64-46-22-10-8-20-43(46)62-63-64)27-30-45(42)65(56(59)71)58(72)76-35-37-25-28-40(29-26-37)67(73)74/h1-12,15-30,34,49-53,68H,31-33,35H2,(H,60,61,69). The molecule has 2 N–H and O–H groups in total. The molecule has 6 unspecified atom stereocenters. The first kappa shape index (κ1) is 49.3. The third-order valence-corrected chi connectivity index (χ3v) is 15.4. The number of hydrogen-bond donors (Lipinski definition) is 2. The molecular weight excluding hydrogens is 1010 g/mol. The van der Waals surface area contributed by atoms with Gasteiger partial charge in [0.05, 0.1) is 51.0 Å². The van der Waals surface area contributed by atoms with Gasteiger partial charge in [-0.05, 0) is 82.9 Å². The fraction of sp³-hybridized carbons (Fsp3) is 0.169. The number of carbonyl (C=O) groups is 4. The molecule has 0 aliphatic carbocycles. The number of nitro benzene ring substituents is 1. The molecule has 78 heavy (non-hydrogen) atoms. The molecule has 18 nitrogen and oxygen atoms in total. The number of amides is 3. The largest absolute Gasteiger partial charge is 0.491 e. The monoisotopic (exact) mass is 1060 g/mol. The molecule has 3 amide bonds. The number of rotatable bonds is 12. The number of aromatic nitrogens is 4. The Labute approximate surface area is 448 Å². The van der Waals surface area contributed by atoms with Crippen LogP contribution in [0.2, 0.25) is 0 Å². The number of hydrogen-bond acceptors (Lipinski definition) is 15. The smallest absolute Gasteiger partial charge is 0.421 e. The van der Waals surface area contributed by atoms with E-state index in [0.29, 0.717) is 38.9 Å². The van der Waals surface area contributed by atoms with Crippen LogP contribution in [0.15, 0.2) is 176 Å². The van der Waals surface area contributed by atoms with Gasteiger partial charge in [-0.2, -0.15) is 0 Å². The third kappa shape index (κ3) is 8.53. The lowest BCUT2D eigenvalue weighted by Gasteiger charge is -2.46. The Bertz CT molecular complexity index is 3850. The number of imide groups is 1. The number of nitrogens with zero attached hydrogens (tertiary/aromatic N) is 7. The highest BCUT2D eigenvalue weighted by Gasteiger charge is 2.76. The maximum Gasteiger partial charge on any atom is 0.421 e. The highest BCUT2D eigenvalue weighted by Crippen LogP contribution is 2.67. The van der Waals surface area contributed by atoms with Gasteiger partial charge < -0.3 is 24.6 Å². The van der Waals surface area contributed by atoms with Crippen LogP contribution < -0.4 is 15.0 Å². The molecule has 2 saturated heterocycles. The average molecular weight is 1060 g/mol. The third-order valence-electron chi connectivity index (χ3n) is 14.4. The number of thiazole rings is 1. The number of aliphatic hydroxyl groups is 1. The van der Waals surface area contributed by atoms with Gasteiger partial charge in [0.1, 0.15) is 48.6 Å². The summed E-state index contributed by atoms with van der Waals surface area (Å²) in [6.45, 7) is -0.816. The predicted molar refractivity (Wildman–Crippen MR) is 287 cm³/mol. The lowest BCUT2D eigenvalue weighted by atomic mass is 9.65. The molecule has 0 radical (unpaired) electrons. The van der Waals surface area contributed by atoms with E-state index >= 15 is 19.2 Å². The molecule has 19 heteroatoms. The lowest BCUT2D eigenvalue weighted by molar-refractivity contribution is -0.384. The molecule has 6 atom stereocenters. The first-order valence-electron chi connectivity index (χ1n) is 24.9. The summed E-state index contributed by atoms with van der Waals surface area (Å²) < 4.78 is 21.3. The number of ether oxygens (including phenoxy) is 3. The van der Waals surface area contributed by atoms with Crippen LogP contribution in [-0.4, -0.2) is 78.0 Å². The highest BCUT2D eigenvalue weighted by molar-refractivity contribution is 7.22. The summed E-state index contributed by atoms with van der Waals surface area (Å²) >= 11 is 1.21. The number of cyclic esters (lactones) is 1. The summed E-state index contributed by atoms with van der Waals surface area (Å²) in [6.07, 6.45) is -2.14. The summed E-state index contributed by atoms with van der Waals surface area (Å²) in [5, 5.41) is 33.5. The number of carbonyl (C=O) groups excluding carboxylic acids is 4. The van der Waals surface area contributed by atoms with Crippen molar-refractivity contribution < 1.29 is 43.4 Å². The Balaban J connectivity index is 1.11. The first-order chi connectivity index (χ1) is 38.1. The molecule has 2 fully saturated rings. The Morgan fingerprint density at radius 3 is 2.28 bits per heavy atom. The molecule has 3 aliphatic heterocycles. The van der Waals surface area contributed by atoms with E-state index in [2.05, 4.69) is 27.5 Å². The van der Waals surface area contributed by atoms with Crippen molar-refractivity contribution in [3.8, 4) is 17.6 Å². The van der Waals surface area contributed by atoms with E-state index in [9.17, 15) is 15.2 Å². The summed E-state index contributed by atoms with van der Waals surface area (Å²) in [7, 11) is 0. The Morgan fingerprint density at radius 2 is 1.53 bits per heavy atom. The maximum atomic E-state index is 16.9. The molecule has 12 rings (SSSR count). The minimum absolute atomic E-state index is 0.0437. The van der Waals surface area contributed by atoms with Crippen LogP contribution >= 0.6 is 11.3 Å². The van der Waals surface area contributed by atoms with Crippen LogP contribution in [-0.2, 0) is 42.4 Å². The van der Waals surface area contributed by atoms with E-state index < -0.39 is 71.0 Å². The van der Waals surface area contributed by atoms with E-state index in [-0.39, 0.29) is 47.6 Å². The van der Waals surface area contributed by atoms with Crippen LogP contribution in [0.4, 0.5) is 21.3 Å². The molecule has 9 aromatic rings. The number of para-hydroxylation sites is 3. The van der Waals surface area contributed by atoms with E-state index in [1.54, 1.807) is 53.2 Å². The number of esters is 1. The number of fused-ring (bicyclic) bond motifs is 5. The molecule has 7 aromatic carbocycles. The second kappa shape index (κ2) is 20.5. The van der Waals surface area contributed by atoms with Gasteiger partial charge in [0.2, 0.25) is 11.8 Å². The number of benzene rings is 7. The van der Waals surface area contributed by atoms with Crippen molar-refractivity contribution in [3.05, 3.63) is 219 Å². The van der Waals surface area contributed by atoms with Gasteiger partial charge >= 0.3 is 12.1 Å². The second-order valence-corrected chi connectivity index (χ2v) is 19.8. The molecule has 386 valence electrons. The van der Waals surface area contributed by atoms with Gasteiger partial charge in [-0.1, -0.05) is 132 Å². The molecular formula is C59H44N8O10S. The van der Waals surface area contributed by atoms with Crippen molar-refractivity contribution >= 4 is 73.0 Å². The Morgan fingerprint density at radius 1 is 0.821 bits per heavy atom. The van der Waals surface area contributed by atoms with Gasteiger partial charge in [-0.15, -0.1) is 5.10 Å². The average Bonchev–Trinajstić information content (AvgIpc) is 2.48. The minimum atomic E-state index is -2.25. The SMILES string of the molecule is O=C1OC(c2ccccc2)C(c2ccccc2)N2C1C(C(=O)Nc1nc3ccccc3s1)C1(C(=O)N(C(=O)OCc3ccc([N+](=O)[O-])cc3)c3ccc(C#CCn4nnc5ccccc54)cc31)C2c1ccccc1OCCO. The number of nitro groups is 1. The predicted octanol–water partition coefficient (Wildman–Crippen LogP) is 9.01. The first-order valence-corrected chi connectivity index (χ1v) is 25.7. The maximum absolute atomic E-state index is 16.9. The number of anilines is 2. The molecule has 2 aromatic heterocycles. The highest BCUT2D eigenvalue weighted by atomic mass is 32.1. The van der Waals surface area contributed by atoms with Crippen LogP contribution in [0.3, 0.4) is 0 Å². The summed E-state index contributed by atoms with van der Waals surface area (Å²) in [4.78, 5) is 82.3. The quantitative estimate of drug-likeness (QED) is 0.0505. The van der Waals surface area contributed by atoms with Crippen molar-refractivity contribution in [3.63, 3.8) is 0 Å². The van der Waals surface area contributed by atoms with Crippen molar-refractivity contribution in [2.45, 2.75) is 42.8 Å². The fourth-order valence-corrected chi connectivity index (χ4v) is 12.1. The Hall–Kier alpha value is -9.61. The second-order valence-electron chi connectivity index (χ2n) is 18.7. The molecule has 1 spiro atoms. The van der Waals surface area contributed by atoms with Crippen molar-refractivity contribution in [2.75, 3.05) is 23.4 Å². The van der Waals surface area contributed by atoms with Crippen molar-refractivity contribution in [1.29, 1.82) is 0 Å². The van der Waals surface area contributed by atoms with Crippen LogP contribution in [0.5, 0.6) is 5.75 Å². The van der Waals surface area contributed by atoms with Gasteiger partial charge in [-0.3, -0.25) is 29.4 Å². The number of aliphatic hydroxyl groups excluding tert-OH is 1. The van der Waals surface area contributed by atoms with E-state index in [1.807, 2.05) is 108 Å². The summed E-state index contributed by atoms with van der Waals surface area (Å²) in [5.41, 5.74) is 2.26. The Kier molecular flexibility index (Phi) is 12.9. The summed E-state index contributed by atoms with van der Waals surface area (Å²) in [6, 6.07) is 46.7. The summed E-state index contributed by atoms with van der Waals surface area (Å²) in [5.74, 6) is 2.43. The molecule has 3 aliphatic rings. The van der Waals surface area contributed by atoms with Gasteiger partial charge in [0.15, 0.2) is 5.13 Å². The van der Waals surface area contributed by atoms with Crippen LogP contribution in [0, 0.1) is 27.9 Å². The minimum Gasteiger partial charge on any atom is -0.491 e. The van der Waals surface area contributed by atoms with E-state index in [4.69, 9.17) is 19.2 Å². The number of morpholine rings is 1. The lowest BCUT2D eigenvalue weighted by Crippen LogP contribution is -2.54. The topological polar surface area (TPSA) is 221 Å². The van der Waals surface area contributed by atoms with Gasteiger partial charge in [-0.25, -0.2) is 19.4 Å². The number of non-ortho nitro benzene ring substituents is 1. The normalized spacial score (nSPS) is 20.4. The zero-order chi connectivity index (χ0) is 53.5. The molecule has 5 heterocycles. The fourth-order valence-electron chi connectivity index (χ4n) is 11.2. The zero-order valence-electron chi connectivity index (χ0n) is 41.1. The van der Waals surface area contributed by atoms with Crippen LogP contribution in [0.25, 0.3) is 21.3 Å². The van der Waals surface area contributed by atoms with Crippen molar-refractivity contribution in [1.82, 2.24) is 24.9 Å².